The maximum absolute atomic E-state index is 13.1. The van der Waals surface area contributed by atoms with Crippen molar-refractivity contribution in [3.05, 3.63) is 59.7 Å². The Balaban J connectivity index is 1.69. The average molecular weight is 474 g/mol. The van der Waals surface area contributed by atoms with Crippen LogP contribution < -0.4 is 15.2 Å². The van der Waals surface area contributed by atoms with Crippen LogP contribution in [0.4, 0.5) is 0 Å². The maximum atomic E-state index is 13.1. The summed E-state index contributed by atoms with van der Waals surface area (Å²) < 4.78 is 28.0. The second-order valence-corrected chi connectivity index (χ2v) is 9.76. The minimum Gasteiger partial charge on any atom is -0.497 e. The fourth-order valence-corrected chi connectivity index (χ4v) is 4.65. The summed E-state index contributed by atoms with van der Waals surface area (Å²) in [5.41, 5.74) is 1.79. The lowest BCUT2D eigenvalue weighted by Gasteiger charge is -2.28. The first-order chi connectivity index (χ1) is 15.7. The summed E-state index contributed by atoms with van der Waals surface area (Å²) in [5, 5.41) is 8.08. The van der Waals surface area contributed by atoms with Crippen LogP contribution in [0.25, 0.3) is 0 Å². The van der Waals surface area contributed by atoms with Gasteiger partial charge in [-0.25, -0.2) is 13.6 Å². The van der Waals surface area contributed by atoms with Crippen molar-refractivity contribution in [1.82, 2.24) is 10.2 Å². The van der Waals surface area contributed by atoms with Crippen molar-refractivity contribution in [3.8, 4) is 5.75 Å². The molecule has 0 aromatic heterocycles. The van der Waals surface area contributed by atoms with Crippen LogP contribution in [-0.4, -0.2) is 45.3 Å². The normalized spacial score (nSPS) is 18.4. The molecule has 2 atom stereocenters. The molecule has 0 radical (unpaired) electrons. The zero-order valence-corrected chi connectivity index (χ0v) is 19.8. The summed E-state index contributed by atoms with van der Waals surface area (Å²) in [4.78, 5) is 27.7. The Morgan fingerprint density at radius 1 is 1.15 bits per heavy atom. The van der Waals surface area contributed by atoms with E-state index >= 15 is 0 Å². The van der Waals surface area contributed by atoms with Gasteiger partial charge in [-0.15, -0.1) is 0 Å². The van der Waals surface area contributed by atoms with E-state index in [9.17, 15) is 18.0 Å². The number of hydrogen-bond acceptors (Lipinski definition) is 5. The molecule has 1 fully saturated rings. The van der Waals surface area contributed by atoms with E-state index in [1.54, 1.807) is 19.2 Å². The quantitative estimate of drug-likeness (QED) is 0.549. The molecule has 0 bridgehead atoms. The number of nitrogens with one attached hydrogen (secondary N) is 1. The molecule has 2 amide bonds. The number of benzene rings is 2. The monoisotopic (exact) mass is 473 g/mol. The van der Waals surface area contributed by atoms with Crippen molar-refractivity contribution in [1.29, 1.82) is 0 Å². The second-order valence-electron chi connectivity index (χ2n) is 8.20. The molecule has 1 heterocycles. The summed E-state index contributed by atoms with van der Waals surface area (Å²) >= 11 is 0. The van der Waals surface area contributed by atoms with Crippen LogP contribution in [0.5, 0.6) is 5.75 Å². The van der Waals surface area contributed by atoms with Crippen LogP contribution >= 0.6 is 0 Å². The van der Waals surface area contributed by atoms with Gasteiger partial charge in [-0.3, -0.25) is 9.59 Å². The van der Waals surface area contributed by atoms with E-state index in [1.165, 1.54) is 12.1 Å². The minimum absolute atomic E-state index is 0.0111. The molecule has 2 aromatic rings. The highest BCUT2D eigenvalue weighted by atomic mass is 32.2. The Bertz CT molecular complexity index is 1070. The first-order valence-electron chi connectivity index (χ1n) is 11.1. The maximum Gasteiger partial charge on any atom is 0.238 e. The molecule has 0 spiro atoms. The molecule has 9 heteroatoms. The van der Waals surface area contributed by atoms with E-state index in [1.807, 2.05) is 29.2 Å². The van der Waals surface area contributed by atoms with Gasteiger partial charge in [0.15, 0.2) is 0 Å². The van der Waals surface area contributed by atoms with Gasteiger partial charge in [-0.05, 0) is 48.2 Å². The summed E-state index contributed by atoms with van der Waals surface area (Å²) in [6, 6.07) is 13.5. The molecule has 1 saturated heterocycles. The van der Waals surface area contributed by atoms with E-state index in [2.05, 4.69) is 12.2 Å². The van der Waals surface area contributed by atoms with Crippen molar-refractivity contribution in [2.75, 3.05) is 20.2 Å². The molecule has 3 N–H and O–H groups in total. The molecular formula is C24H31N3O5S. The third-order valence-corrected chi connectivity index (χ3v) is 6.87. The summed E-state index contributed by atoms with van der Waals surface area (Å²) in [7, 11) is -2.14. The van der Waals surface area contributed by atoms with Crippen LogP contribution in [0.2, 0.25) is 0 Å². The third kappa shape index (κ3) is 6.11. The van der Waals surface area contributed by atoms with Crippen molar-refractivity contribution in [2.24, 2.45) is 11.1 Å². The first kappa shape index (κ1) is 24.7. The van der Waals surface area contributed by atoms with Gasteiger partial charge in [-0.2, -0.15) is 0 Å². The second kappa shape index (κ2) is 10.8. The van der Waals surface area contributed by atoms with Crippen molar-refractivity contribution in [2.45, 2.75) is 43.5 Å². The first-order valence-corrected chi connectivity index (χ1v) is 12.6. The average Bonchev–Trinajstić information content (AvgIpc) is 3.13. The van der Waals surface area contributed by atoms with Crippen molar-refractivity contribution < 1.29 is 22.7 Å². The number of rotatable bonds is 10. The van der Waals surface area contributed by atoms with Gasteiger partial charge in [0, 0.05) is 19.5 Å². The van der Waals surface area contributed by atoms with Crippen LogP contribution in [0.1, 0.15) is 43.4 Å². The Kier molecular flexibility index (Phi) is 8.10. The predicted molar refractivity (Wildman–Crippen MR) is 125 cm³/mol. The number of likely N-dealkylation sites (tertiary alicyclic amines) is 1. The SMILES string of the molecule is CCCCN1C(=O)CC(C(=O)NCCc2ccc(S(N)(=O)=O)cc2)C1c1ccc(OC)cc1. The van der Waals surface area contributed by atoms with Gasteiger partial charge in [0.1, 0.15) is 5.75 Å². The smallest absolute Gasteiger partial charge is 0.238 e. The number of nitrogens with two attached hydrogens (primary N) is 1. The van der Waals surface area contributed by atoms with Gasteiger partial charge < -0.3 is 15.0 Å². The molecular weight excluding hydrogens is 442 g/mol. The molecule has 8 nitrogen and oxygen atoms in total. The lowest BCUT2D eigenvalue weighted by Crippen LogP contribution is -2.36. The number of amides is 2. The highest BCUT2D eigenvalue weighted by Gasteiger charge is 2.44. The van der Waals surface area contributed by atoms with E-state index in [-0.39, 0.29) is 29.2 Å². The number of methoxy groups -OCH3 is 1. The Morgan fingerprint density at radius 2 is 1.82 bits per heavy atom. The van der Waals surface area contributed by atoms with Crippen molar-refractivity contribution in [3.63, 3.8) is 0 Å². The van der Waals surface area contributed by atoms with Crippen LogP contribution in [0.15, 0.2) is 53.4 Å². The topological polar surface area (TPSA) is 119 Å². The fraction of sp³-hybridized carbons (Fsp3) is 0.417. The number of unbranched alkanes of at least 4 members (excludes halogenated alkanes) is 1. The van der Waals surface area contributed by atoms with Crippen LogP contribution in [0, 0.1) is 5.92 Å². The highest BCUT2D eigenvalue weighted by Crippen LogP contribution is 2.39. The molecule has 2 unspecified atom stereocenters. The fourth-order valence-electron chi connectivity index (χ4n) is 4.14. The van der Waals surface area contributed by atoms with E-state index in [0.29, 0.717) is 19.5 Å². The molecule has 1 aliphatic heterocycles. The lowest BCUT2D eigenvalue weighted by molar-refractivity contribution is -0.129. The van der Waals surface area contributed by atoms with E-state index < -0.39 is 15.9 Å². The molecule has 33 heavy (non-hydrogen) atoms. The van der Waals surface area contributed by atoms with Gasteiger partial charge in [0.05, 0.1) is 24.0 Å². The Morgan fingerprint density at radius 3 is 2.39 bits per heavy atom. The standard InChI is InChI=1S/C24H31N3O5S/c1-3-4-15-27-22(28)16-21(23(27)18-7-9-19(32-2)10-8-18)24(29)26-14-13-17-5-11-20(12-6-17)33(25,30)31/h5-12,21,23H,3-4,13-16H2,1-2H3,(H,26,29)(H2,25,30,31). The number of hydrogen-bond donors (Lipinski definition) is 2. The van der Waals surface area contributed by atoms with Crippen LogP contribution in [0.3, 0.4) is 0 Å². The predicted octanol–water partition coefficient (Wildman–Crippen LogP) is 2.39. The highest BCUT2D eigenvalue weighted by molar-refractivity contribution is 7.89. The van der Waals surface area contributed by atoms with E-state index in [4.69, 9.17) is 9.88 Å². The number of primary sulfonamides is 1. The van der Waals surface area contributed by atoms with Gasteiger partial charge in [0.2, 0.25) is 21.8 Å². The molecule has 3 rings (SSSR count). The van der Waals surface area contributed by atoms with Gasteiger partial charge in [-0.1, -0.05) is 37.6 Å². The minimum atomic E-state index is -3.73. The van der Waals surface area contributed by atoms with Crippen LogP contribution in [-0.2, 0) is 26.0 Å². The number of sulfonamides is 1. The third-order valence-electron chi connectivity index (χ3n) is 5.94. The van der Waals surface area contributed by atoms with Gasteiger partial charge in [0.25, 0.3) is 0 Å². The molecule has 0 saturated carbocycles. The molecule has 178 valence electrons. The summed E-state index contributed by atoms with van der Waals surface area (Å²) in [6.45, 7) is 3.07. The number of carbonyl (C=O) groups is 2. The Labute approximate surface area is 195 Å². The van der Waals surface area contributed by atoms with Gasteiger partial charge >= 0.3 is 0 Å². The summed E-state index contributed by atoms with van der Waals surface area (Å²) in [6.07, 6.45) is 2.54. The Hall–Kier alpha value is -2.91. The number of carbonyl (C=O) groups excluding carboxylic acids is 2. The van der Waals surface area contributed by atoms with Crippen molar-refractivity contribution >= 4 is 21.8 Å². The molecule has 1 aliphatic rings. The zero-order chi connectivity index (χ0) is 24.0. The number of ether oxygens (including phenoxy) is 1. The summed E-state index contributed by atoms with van der Waals surface area (Å²) in [5.74, 6) is 0.0671. The number of nitrogens with zero attached hydrogens (tertiary/aromatic N) is 1. The largest absolute Gasteiger partial charge is 0.497 e. The molecule has 2 aromatic carbocycles. The lowest BCUT2D eigenvalue weighted by atomic mass is 9.92. The molecule has 0 aliphatic carbocycles. The van der Waals surface area contributed by atoms with E-state index in [0.717, 1.165) is 29.7 Å². The zero-order valence-electron chi connectivity index (χ0n) is 19.0.